The van der Waals surface area contributed by atoms with E-state index in [1.54, 1.807) is 12.1 Å². The smallest absolute Gasteiger partial charge is 0.123 e. The summed E-state index contributed by atoms with van der Waals surface area (Å²) in [7, 11) is 0. The van der Waals surface area contributed by atoms with E-state index in [9.17, 15) is 4.39 Å². The lowest BCUT2D eigenvalue weighted by molar-refractivity contribution is 0.0464. The third-order valence-electron chi connectivity index (χ3n) is 5.69. The van der Waals surface area contributed by atoms with Gasteiger partial charge < -0.3 is 5.73 Å². The number of piperidine rings is 1. The quantitative estimate of drug-likeness (QED) is 0.915. The summed E-state index contributed by atoms with van der Waals surface area (Å²) in [5, 5.41) is 0. The normalized spacial score (nSPS) is 24.1. The molecule has 0 radical (unpaired) electrons. The van der Waals surface area contributed by atoms with Gasteiger partial charge in [0.05, 0.1) is 0 Å². The summed E-state index contributed by atoms with van der Waals surface area (Å²) in [6.45, 7) is 2.89. The highest BCUT2D eigenvalue weighted by Gasteiger charge is 2.37. The summed E-state index contributed by atoms with van der Waals surface area (Å²) in [6.07, 6.45) is 9.72. The molecule has 116 valence electrons. The molecule has 1 unspecified atom stereocenters. The predicted octanol–water partition coefficient (Wildman–Crippen LogP) is 3.87. The van der Waals surface area contributed by atoms with Crippen molar-refractivity contribution in [3.63, 3.8) is 0 Å². The Balaban J connectivity index is 1.65. The summed E-state index contributed by atoms with van der Waals surface area (Å²) >= 11 is 0. The second-order valence-corrected chi connectivity index (χ2v) is 6.90. The van der Waals surface area contributed by atoms with E-state index >= 15 is 0 Å². The van der Waals surface area contributed by atoms with Gasteiger partial charge in [-0.15, -0.1) is 0 Å². The Kier molecular flexibility index (Phi) is 4.60. The Morgan fingerprint density at radius 3 is 2.19 bits per heavy atom. The minimum atomic E-state index is -0.172. The highest BCUT2D eigenvalue weighted by atomic mass is 19.1. The molecule has 1 saturated carbocycles. The van der Waals surface area contributed by atoms with E-state index in [2.05, 4.69) is 4.90 Å². The van der Waals surface area contributed by atoms with Crippen molar-refractivity contribution in [2.75, 3.05) is 19.6 Å². The van der Waals surface area contributed by atoms with Crippen LogP contribution >= 0.6 is 0 Å². The van der Waals surface area contributed by atoms with E-state index in [4.69, 9.17) is 5.73 Å². The van der Waals surface area contributed by atoms with Crippen molar-refractivity contribution in [2.24, 2.45) is 11.1 Å². The fourth-order valence-corrected chi connectivity index (χ4v) is 4.29. The van der Waals surface area contributed by atoms with Gasteiger partial charge in [-0.2, -0.15) is 0 Å². The van der Waals surface area contributed by atoms with Crippen LogP contribution in [0.25, 0.3) is 0 Å². The third kappa shape index (κ3) is 3.29. The fourth-order valence-electron chi connectivity index (χ4n) is 4.29. The van der Waals surface area contributed by atoms with Crippen molar-refractivity contribution in [1.29, 1.82) is 0 Å². The molecule has 3 rings (SSSR count). The summed E-state index contributed by atoms with van der Waals surface area (Å²) in [6, 6.07) is 7.11. The monoisotopic (exact) mass is 290 g/mol. The Hall–Kier alpha value is -0.930. The van der Waals surface area contributed by atoms with Gasteiger partial charge in [-0.05, 0) is 61.9 Å². The molecule has 1 aliphatic carbocycles. The van der Waals surface area contributed by atoms with Gasteiger partial charge in [-0.25, -0.2) is 4.39 Å². The molecule has 0 amide bonds. The van der Waals surface area contributed by atoms with Gasteiger partial charge in [-0.3, -0.25) is 4.90 Å². The molecule has 1 saturated heterocycles. The first-order chi connectivity index (χ1) is 10.2. The third-order valence-corrected chi connectivity index (χ3v) is 5.69. The molecule has 1 aromatic carbocycles. The molecule has 2 N–H and O–H groups in total. The van der Waals surface area contributed by atoms with Crippen LogP contribution in [-0.2, 0) is 0 Å². The van der Waals surface area contributed by atoms with E-state index in [1.165, 1.54) is 44.9 Å². The van der Waals surface area contributed by atoms with Crippen molar-refractivity contribution in [2.45, 2.75) is 51.0 Å². The lowest BCUT2D eigenvalue weighted by atomic mass is 9.68. The molecular weight excluding hydrogens is 263 g/mol. The van der Waals surface area contributed by atoms with Crippen LogP contribution in [0, 0.1) is 11.2 Å². The molecule has 1 atom stereocenters. The predicted molar refractivity (Wildman–Crippen MR) is 84.5 cm³/mol. The largest absolute Gasteiger partial charge is 0.329 e. The van der Waals surface area contributed by atoms with Crippen molar-refractivity contribution in [1.82, 2.24) is 4.90 Å². The average molecular weight is 290 g/mol. The van der Waals surface area contributed by atoms with Gasteiger partial charge in [0.25, 0.3) is 0 Å². The summed E-state index contributed by atoms with van der Waals surface area (Å²) in [5.74, 6) is -0.172. The minimum absolute atomic E-state index is 0.172. The van der Waals surface area contributed by atoms with Crippen LogP contribution in [0.4, 0.5) is 4.39 Å². The molecule has 1 aromatic rings. The highest BCUT2D eigenvalue weighted by molar-refractivity contribution is 5.20. The van der Waals surface area contributed by atoms with Crippen LogP contribution in [-0.4, -0.2) is 24.5 Å². The van der Waals surface area contributed by atoms with Gasteiger partial charge in [0.2, 0.25) is 0 Å². The van der Waals surface area contributed by atoms with Crippen LogP contribution in [0.1, 0.15) is 56.6 Å². The van der Waals surface area contributed by atoms with Crippen molar-refractivity contribution < 1.29 is 4.39 Å². The number of hydrogen-bond donors (Lipinski definition) is 1. The summed E-state index contributed by atoms with van der Waals surface area (Å²) < 4.78 is 13.1. The standard InChI is InChI=1S/C18H27FN2/c19-16-6-4-15(5-7-16)17(14-20)21-12-10-18(11-13-21)8-2-1-3-9-18/h4-7,17H,1-3,8-14,20H2. The van der Waals surface area contributed by atoms with Gasteiger partial charge in [0, 0.05) is 12.6 Å². The van der Waals surface area contributed by atoms with E-state index < -0.39 is 0 Å². The number of nitrogens with two attached hydrogens (primary N) is 1. The summed E-state index contributed by atoms with van der Waals surface area (Å²) in [4.78, 5) is 2.51. The SMILES string of the molecule is NCC(c1ccc(F)cc1)N1CCC2(CCCCC2)CC1. The molecule has 1 spiro atoms. The maximum absolute atomic E-state index is 13.1. The zero-order valence-corrected chi connectivity index (χ0v) is 12.9. The molecule has 2 nitrogen and oxygen atoms in total. The van der Waals surface area contributed by atoms with Gasteiger partial charge in [0.15, 0.2) is 0 Å². The van der Waals surface area contributed by atoms with Gasteiger partial charge >= 0.3 is 0 Å². The van der Waals surface area contributed by atoms with E-state index in [0.29, 0.717) is 12.0 Å². The van der Waals surface area contributed by atoms with Crippen molar-refractivity contribution in [3.8, 4) is 0 Å². The fraction of sp³-hybridized carbons (Fsp3) is 0.667. The van der Waals surface area contributed by atoms with Crippen LogP contribution in [0.5, 0.6) is 0 Å². The average Bonchev–Trinajstić information content (AvgIpc) is 2.53. The zero-order chi connectivity index (χ0) is 14.7. The molecule has 2 aliphatic rings. The van der Waals surface area contributed by atoms with E-state index in [1.807, 2.05) is 12.1 Å². The maximum atomic E-state index is 13.1. The number of likely N-dealkylation sites (tertiary alicyclic amines) is 1. The summed E-state index contributed by atoms with van der Waals surface area (Å²) in [5.41, 5.74) is 7.78. The molecule has 1 aliphatic heterocycles. The van der Waals surface area contributed by atoms with Crippen LogP contribution in [0.3, 0.4) is 0 Å². The Labute approximate surface area is 127 Å². The molecule has 1 heterocycles. The van der Waals surface area contributed by atoms with Gasteiger partial charge in [0.1, 0.15) is 5.82 Å². The van der Waals surface area contributed by atoms with Gasteiger partial charge in [-0.1, -0.05) is 31.4 Å². The first kappa shape index (κ1) is 15.0. The molecular formula is C18H27FN2. The minimum Gasteiger partial charge on any atom is -0.329 e. The molecule has 2 fully saturated rings. The lowest BCUT2D eigenvalue weighted by Crippen LogP contribution is -2.44. The molecule has 21 heavy (non-hydrogen) atoms. The van der Waals surface area contributed by atoms with Crippen LogP contribution in [0.2, 0.25) is 0 Å². The highest BCUT2D eigenvalue weighted by Crippen LogP contribution is 2.45. The second kappa shape index (κ2) is 6.45. The zero-order valence-electron chi connectivity index (χ0n) is 12.9. The Morgan fingerprint density at radius 2 is 1.62 bits per heavy atom. The number of halogens is 1. The Bertz CT molecular complexity index is 441. The van der Waals surface area contributed by atoms with Crippen molar-refractivity contribution >= 4 is 0 Å². The van der Waals surface area contributed by atoms with Crippen LogP contribution < -0.4 is 5.73 Å². The van der Waals surface area contributed by atoms with E-state index in [0.717, 1.165) is 18.7 Å². The lowest BCUT2D eigenvalue weighted by Gasteiger charge is -2.46. The topological polar surface area (TPSA) is 29.3 Å². The molecule has 0 bridgehead atoms. The number of hydrogen-bond acceptors (Lipinski definition) is 2. The Morgan fingerprint density at radius 1 is 1.00 bits per heavy atom. The number of rotatable bonds is 3. The first-order valence-electron chi connectivity index (χ1n) is 8.42. The first-order valence-corrected chi connectivity index (χ1v) is 8.42. The van der Waals surface area contributed by atoms with Crippen LogP contribution in [0.15, 0.2) is 24.3 Å². The number of nitrogens with zero attached hydrogens (tertiary/aromatic N) is 1. The van der Waals surface area contributed by atoms with Crippen molar-refractivity contribution in [3.05, 3.63) is 35.6 Å². The molecule has 3 heteroatoms. The second-order valence-electron chi connectivity index (χ2n) is 6.90. The van der Waals surface area contributed by atoms with E-state index in [-0.39, 0.29) is 11.9 Å². The number of benzene rings is 1. The molecule has 0 aromatic heterocycles. The maximum Gasteiger partial charge on any atom is 0.123 e.